The second-order valence-electron chi connectivity index (χ2n) is 6.28. The van der Waals surface area contributed by atoms with Crippen molar-refractivity contribution in [2.45, 2.75) is 20.3 Å². The molecule has 0 radical (unpaired) electrons. The van der Waals surface area contributed by atoms with Crippen LogP contribution < -0.4 is 10.1 Å². The number of hydrogen-bond acceptors (Lipinski definition) is 2. The molecule has 0 aliphatic carbocycles. The molecule has 3 rings (SSSR count). The monoisotopic (exact) mass is 392 g/mol. The summed E-state index contributed by atoms with van der Waals surface area (Å²) in [6.45, 7) is 3.83. The number of nitrogens with one attached hydrogen (secondary N) is 2. The molecule has 0 saturated carbocycles. The highest BCUT2D eigenvalue weighted by Crippen LogP contribution is 2.28. The number of carbonyl (C=O) groups is 1. The molecule has 2 aromatic carbocycles. The number of hydrogen-bond donors (Lipinski definition) is 2. The average molecular weight is 393 g/mol. The third-order valence-corrected chi connectivity index (χ3v) is 4.69. The number of halogens is 3. The topological polar surface area (TPSA) is 54.1 Å². The maximum Gasteiger partial charge on any atom is 0.257 e. The fourth-order valence-electron chi connectivity index (χ4n) is 3.07. The van der Waals surface area contributed by atoms with E-state index in [-0.39, 0.29) is 29.1 Å². The van der Waals surface area contributed by atoms with E-state index < -0.39 is 5.82 Å². The van der Waals surface area contributed by atoms with Crippen LogP contribution in [-0.2, 0) is 11.2 Å². The molecule has 1 aromatic heterocycles. The Kier molecular flexibility index (Phi) is 5.65. The van der Waals surface area contributed by atoms with Crippen LogP contribution >= 0.6 is 11.6 Å². The van der Waals surface area contributed by atoms with Gasteiger partial charge in [0.05, 0.1) is 10.5 Å². The number of amides is 1. The molecule has 0 aliphatic heterocycles. The Morgan fingerprint density at radius 1 is 1.22 bits per heavy atom. The van der Waals surface area contributed by atoms with Crippen LogP contribution in [0.5, 0.6) is 5.75 Å². The van der Waals surface area contributed by atoms with Crippen molar-refractivity contribution in [2.24, 2.45) is 0 Å². The molecule has 27 heavy (non-hydrogen) atoms. The van der Waals surface area contributed by atoms with Gasteiger partial charge in [-0.05, 0) is 49.6 Å². The summed E-state index contributed by atoms with van der Waals surface area (Å²) < 4.78 is 32.9. The normalized spacial score (nSPS) is 11.0. The maximum atomic E-state index is 14.0. The van der Waals surface area contributed by atoms with Crippen molar-refractivity contribution in [3.05, 3.63) is 63.8 Å². The zero-order valence-corrected chi connectivity index (χ0v) is 15.7. The summed E-state index contributed by atoms with van der Waals surface area (Å²) in [6, 6.07) is 7.52. The lowest BCUT2D eigenvalue weighted by atomic mass is 10.0. The molecule has 0 spiro atoms. The number of benzene rings is 2. The van der Waals surface area contributed by atoms with E-state index in [9.17, 15) is 13.6 Å². The summed E-state index contributed by atoms with van der Waals surface area (Å²) in [7, 11) is 0. The highest BCUT2D eigenvalue weighted by Gasteiger charge is 2.14. The minimum atomic E-state index is -0.695. The van der Waals surface area contributed by atoms with Crippen molar-refractivity contribution in [1.82, 2.24) is 10.3 Å². The van der Waals surface area contributed by atoms with Gasteiger partial charge in [-0.1, -0.05) is 23.7 Å². The van der Waals surface area contributed by atoms with E-state index in [1.807, 2.05) is 13.8 Å². The highest BCUT2D eigenvalue weighted by molar-refractivity contribution is 6.30. The molecule has 142 valence electrons. The largest absolute Gasteiger partial charge is 0.481 e. The third kappa shape index (κ3) is 4.06. The van der Waals surface area contributed by atoms with E-state index in [0.717, 1.165) is 22.2 Å². The van der Waals surface area contributed by atoms with Gasteiger partial charge in [-0.2, -0.15) is 0 Å². The van der Waals surface area contributed by atoms with Crippen LogP contribution in [-0.4, -0.2) is 24.0 Å². The first-order valence-corrected chi connectivity index (χ1v) is 8.86. The second-order valence-corrected chi connectivity index (χ2v) is 6.69. The Morgan fingerprint density at radius 3 is 2.78 bits per heavy atom. The van der Waals surface area contributed by atoms with Gasteiger partial charge in [-0.15, -0.1) is 0 Å². The van der Waals surface area contributed by atoms with Gasteiger partial charge in [-0.25, -0.2) is 8.78 Å². The molecule has 3 aromatic rings. The molecule has 0 aliphatic rings. The predicted octanol–water partition coefficient (Wildman–Crippen LogP) is 4.45. The summed E-state index contributed by atoms with van der Waals surface area (Å²) in [6.07, 6.45) is 0.535. The van der Waals surface area contributed by atoms with E-state index >= 15 is 0 Å². The van der Waals surface area contributed by atoms with Crippen LogP contribution in [0, 0.1) is 25.5 Å². The lowest BCUT2D eigenvalue weighted by molar-refractivity contribution is -0.123. The first-order chi connectivity index (χ1) is 12.9. The van der Waals surface area contributed by atoms with E-state index in [0.29, 0.717) is 18.5 Å². The molecule has 4 nitrogen and oxygen atoms in total. The van der Waals surface area contributed by atoms with E-state index in [1.54, 1.807) is 12.1 Å². The van der Waals surface area contributed by atoms with E-state index in [2.05, 4.69) is 10.3 Å². The maximum absolute atomic E-state index is 14.0. The van der Waals surface area contributed by atoms with Gasteiger partial charge in [0.2, 0.25) is 0 Å². The Labute approximate surface area is 160 Å². The van der Waals surface area contributed by atoms with Crippen LogP contribution in [0.2, 0.25) is 5.02 Å². The molecule has 0 fully saturated rings. The van der Waals surface area contributed by atoms with Crippen molar-refractivity contribution in [3.8, 4) is 5.75 Å². The van der Waals surface area contributed by atoms with Gasteiger partial charge in [0.1, 0.15) is 5.82 Å². The number of ether oxygens (including phenoxy) is 1. The Balaban J connectivity index is 1.59. The fraction of sp³-hybridized carbons (Fsp3) is 0.250. The molecule has 0 atom stereocenters. The standard InChI is InChI=1S/C20H19ClF2N2O2/c1-11-6-7-15(22)20-18(11)13(12(2)25-20)8-9-24-17(26)10-27-16-5-3-4-14(21)19(16)23/h3-7,25H,8-10H2,1-2H3,(H,24,26). The van der Waals surface area contributed by atoms with Crippen LogP contribution in [0.25, 0.3) is 10.9 Å². The number of aromatic amines is 1. The van der Waals surface area contributed by atoms with Crippen LogP contribution in [0.3, 0.4) is 0 Å². The number of fused-ring (bicyclic) bond motifs is 1. The van der Waals surface area contributed by atoms with Crippen molar-refractivity contribution in [3.63, 3.8) is 0 Å². The number of aryl methyl sites for hydroxylation is 2. The van der Waals surface area contributed by atoms with Crippen LogP contribution in [0.1, 0.15) is 16.8 Å². The summed E-state index contributed by atoms with van der Waals surface area (Å²) >= 11 is 5.67. The van der Waals surface area contributed by atoms with Crippen LogP contribution in [0.15, 0.2) is 30.3 Å². The minimum Gasteiger partial charge on any atom is -0.481 e. The minimum absolute atomic E-state index is 0.0645. The van der Waals surface area contributed by atoms with Gasteiger partial charge < -0.3 is 15.0 Å². The first-order valence-electron chi connectivity index (χ1n) is 8.48. The Morgan fingerprint density at radius 2 is 2.00 bits per heavy atom. The molecule has 0 unspecified atom stereocenters. The SMILES string of the molecule is Cc1[nH]c2c(F)ccc(C)c2c1CCNC(=O)COc1cccc(Cl)c1F. The summed E-state index contributed by atoms with van der Waals surface area (Å²) in [4.78, 5) is 15.0. The smallest absolute Gasteiger partial charge is 0.257 e. The summed E-state index contributed by atoms with van der Waals surface area (Å²) in [5, 5.41) is 3.51. The molecule has 1 amide bonds. The lowest BCUT2D eigenvalue weighted by Gasteiger charge is -2.09. The van der Waals surface area contributed by atoms with Crippen LogP contribution in [0.4, 0.5) is 8.78 Å². The van der Waals surface area contributed by atoms with Gasteiger partial charge in [0, 0.05) is 17.6 Å². The van der Waals surface area contributed by atoms with Crippen molar-refractivity contribution in [2.75, 3.05) is 13.2 Å². The fourth-order valence-corrected chi connectivity index (χ4v) is 3.24. The Bertz CT molecular complexity index is 1000. The molecule has 1 heterocycles. The van der Waals surface area contributed by atoms with Crippen molar-refractivity contribution < 1.29 is 18.3 Å². The summed E-state index contributed by atoms with van der Waals surface area (Å²) in [5.74, 6) is -1.45. The second kappa shape index (κ2) is 7.96. The van der Waals surface area contributed by atoms with E-state index in [1.165, 1.54) is 18.2 Å². The molecule has 7 heteroatoms. The number of rotatable bonds is 6. The van der Waals surface area contributed by atoms with Gasteiger partial charge in [0.25, 0.3) is 5.91 Å². The van der Waals surface area contributed by atoms with Gasteiger partial charge in [-0.3, -0.25) is 4.79 Å². The lowest BCUT2D eigenvalue weighted by Crippen LogP contribution is -2.30. The number of carbonyl (C=O) groups excluding carboxylic acids is 1. The first kappa shape index (κ1) is 19.2. The quantitative estimate of drug-likeness (QED) is 0.651. The summed E-state index contributed by atoms with van der Waals surface area (Å²) in [5.41, 5.74) is 3.28. The molecular formula is C20H19ClF2N2O2. The third-order valence-electron chi connectivity index (χ3n) is 4.40. The zero-order chi connectivity index (χ0) is 19.6. The van der Waals surface area contributed by atoms with Crippen molar-refractivity contribution in [1.29, 1.82) is 0 Å². The van der Waals surface area contributed by atoms with Gasteiger partial charge in [0.15, 0.2) is 18.2 Å². The number of H-pyrrole nitrogens is 1. The average Bonchev–Trinajstić information content (AvgIpc) is 2.97. The molecular weight excluding hydrogens is 374 g/mol. The predicted molar refractivity (Wildman–Crippen MR) is 101 cm³/mol. The van der Waals surface area contributed by atoms with E-state index in [4.69, 9.17) is 16.3 Å². The molecule has 2 N–H and O–H groups in total. The van der Waals surface area contributed by atoms with Gasteiger partial charge >= 0.3 is 0 Å². The molecule has 0 bridgehead atoms. The molecule has 0 saturated heterocycles. The Hall–Kier alpha value is -2.60. The number of aromatic nitrogens is 1. The zero-order valence-electron chi connectivity index (χ0n) is 15.0. The highest BCUT2D eigenvalue weighted by atomic mass is 35.5. The van der Waals surface area contributed by atoms with Crippen molar-refractivity contribution >= 4 is 28.4 Å².